The van der Waals surface area contributed by atoms with Gasteiger partial charge in [0.15, 0.2) is 11.6 Å². The van der Waals surface area contributed by atoms with Crippen molar-refractivity contribution in [1.82, 2.24) is 10.6 Å². The first kappa shape index (κ1) is 19.7. The fourth-order valence-electron chi connectivity index (χ4n) is 3.11. The summed E-state index contributed by atoms with van der Waals surface area (Å²) in [5.74, 6) is -1.04. The zero-order valence-corrected chi connectivity index (χ0v) is 14.9. The first-order valence-electron chi connectivity index (χ1n) is 8.83. The molecule has 0 aromatic heterocycles. The molecule has 27 heavy (non-hydrogen) atoms. The minimum absolute atomic E-state index is 0.0193. The maximum Gasteiger partial charge on any atom is 0.397 e. The molecular weight excluding hydrogens is 368 g/mol. The molecule has 1 aromatic carbocycles. The quantitative estimate of drug-likeness (QED) is 0.703. The Bertz CT molecular complexity index is 699. The Kier molecular flexibility index (Phi) is 5.50. The average Bonchev–Trinajstić information content (AvgIpc) is 3.23. The number of carbonyl (C=O) groups excluding carboxylic acids is 1. The fraction of sp³-hybridized carbons (Fsp3) is 0.611. The molecule has 9 heteroatoms. The summed E-state index contributed by atoms with van der Waals surface area (Å²) in [7, 11) is 1.36. The molecule has 1 aliphatic carbocycles. The zero-order valence-electron chi connectivity index (χ0n) is 14.9. The third kappa shape index (κ3) is 4.28. The number of hydrogen-bond donors (Lipinski definition) is 2. The van der Waals surface area contributed by atoms with Gasteiger partial charge in [-0.05, 0) is 38.3 Å². The molecule has 0 bridgehead atoms. The van der Waals surface area contributed by atoms with Gasteiger partial charge in [0.25, 0.3) is 0 Å². The number of benzene rings is 1. The summed E-state index contributed by atoms with van der Waals surface area (Å²) in [5.41, 5.74) is -1.50. The molecule has 1 atom stereocenters. The maximum absolute atomic E-state index is 14.3. The Labute approximate surface area is 154 Å². The fourth-order valence-corrected chi connectivity index (χ4v) is 3.11. The van der Waals surface area contributed by atoms with Gasteiger partial charge in [0.2, 0.25) is 5.91 Å². The van der Waals surface area contributed by atoms with E-state index in [0.717, 1.165) is 25.5 Å². The highest BCUT2D eigenvalue weighted by Gasteiger charge is 2.63. The second-order valence-electron chi connectivity index (χ2n) is 7.03. The van der Waals surface area contributed by atoms with Crippen molar-refractivity contribution < 1.29 is 31.8 Å². The summed E-state index contributed by atoms with van der Waals surface area (Å²) < 4.78 is 63.5. The predicted octanol–water partition coefficient (Wildman–Crippen LogP) is 2.92. The van der Waals surface area contributed by atoms with Crippen molar-refractivity contribution in [2.45, 2.75) is 44.4 Å². The van der Waals surface area contributed by atoms with Crippen molar-refractivity contribution in [3.05, 3.63) is 23.5 Å². The molecule has 150 valence electrons. The Morgan fingerprint density at radius 3 is 2.63 bits per heavy atom. The first-order chi connectivity index (χ1) is 12.8. The molecule has 1 aromatic rings. The van der Waals surface area contributed by atoms with E-state index in [2.05, 4.69) is 10.6 Å². The van der Waals surface area contributed by atoms with E-state index in [9.17, 15) is 22.4 Å². The van der Waals surface area contributed by atoms with Crippen LogP contribution in [0.25, 0.3) is 0 Å². The average molecular weight is 390 g/mol. The van der Waals surface area contributed by atoms with E-state index >= 15 is 0 Å². The van der Waals surface area contributed by atoms with Crippen LogP contribution in [0.1, 0.15) is 31.2 Å². The second kappa shape index (κ2) is 7.53. The third-order valence-corrected chi connectivity index (χ3v) is 5.12. The number of rotatable bonds is 7. The van der Waals surface area contributed by atoms with E-state index in [1.807, 2.05) is 0 Å². The van der Waals surface area contributed by atoms with E-state index in [-0.39, 0.29) is 42.8 Å². The summed E-state index contributed by atoms with van der Waals surface area (Å²) >= 11 is 0. The molecule has 3 rings (SSSR count). The number of nitrogens with one attached hydrogen (secondary N) is 2. The predicted molar refractivity (Wildman–Crippen MR) is 89.0 cm³/mol. The molecule has 5 nitrogen and oxygen atoms in total. The second-order valence-corrected chi connectivity index (χ2v) is 7.03. The number of hydrogen-bond acceptors (Lipinski definition) is 4. The number of methoxy groups -OCH3 is 1. The normalized spacial score (nSPS) is 21.0. The Hall–Kier alpha value is -2.03. The Balaban J connectivity index is 1.65. The summed E-state index contributed by atoms with van der Waals surface area (Å²) in [6, 6.07) is 2.07. The van der Waals surface area contributed by atoms with Crippen LogP contribution >= 0.6 is 0 Å². The van der Waals surface area contributed by atoms with Crippen LogP contribution in [-0.4, -0.2) is 38.4 Å². The lowest BCUT2D eigenvalue weighted by atomic mass is 10.1. The van der Waals surface area contributed by atoms with Gasteiger partial charge in [0, 0.05) is 18.2 Å². The third-order valence-electron chi connectivity index (χ3n) is 5.12. The molecule has 1 aliphatic heterocycles. The van der Waals surface area contributed by atoms with Gasteiger partial charge in [-0.25, -0.2) is 4.39 Å². The number of carbonyl (C=O) groups is 1. The Morgan fingerprint density at radius 2 is 2.07 bits per heavy atom. The lowest BCUT2D eigenvalue weighted by Crippen LogP contribution is -2.40. The number of alkyl halides is 3. The van der Waals surface area contributed by atoms with E-state index < -0.39 is 24.0 Å². The molecule has 1 saturated heterocycles. The van der Waals surface area contributed by atoms with Gasteiger partial charge in [-0.3, -0.25) is 4.79 Å². The maximum atomic E-state index is 14.3. The van der Waals surface area contributed by atoms with Gasteiger partial charge in [0.1, 0.15) is 17.8 Å². The minimum atomic E-state index is -4.37. The highest BCUT2D eigenvalue weighted by molar-refractivity contribution is 5.82. The summed E-state index contributed by atoms with van der Waals surface area (Å²) in [4.78, 5) is 12.0. The number of amides is 1. The monoisotopic (exact) mass is 390 g/mol. The van der Waals surface area contributed by atoms with E-state index in [1.54, 1.807) is 0 Å². The van der Waals surface area contributed by atoms with Crippen molar-refractivity contribution in [1.29, 1.82) is 0 Å². The molecule has 1 amide bonds. The minimum Gasteiger partial charge on any atom is -0.496 e. The van der Waals surface area contributed by atoms with Crippen LogP contribution < -0.4 is 20.1 Å². The van der Waals surface area contributed by atoms with Crippen LogP contribution in [0.5, 0.6) is 11.5 Å². The van der Waals surface area contributed by atoms with Crippen LogP contribution in [-0.2, 0) is 11.3 Å². The van der Waals surface area contributed by atoms with Crippen LogP contribution in [0.4, 0.5) is 17.6 Å². The molecule has 2 N–H and O–H groups in total. The zero-order chi connectivity index (χ0) is 19.7. The highest BCUT2D eigenvalue weighted by atomic mass is 19.4. The molecule has 2 fully saturated rings. The number of ether oxygens (including phenoxy) is 2. The van der Waals surface area contributed by atoms with Crippen LogP contribution in [0.3, 0.4) is 0 Å². The Morgan fingerprint density at radius 1 is 1.33 bits per heavy atom. The topological polar surface area (TPSA) is 59.6 Å². The molecule has 0 spiro atoms. The molecule has 0 radical (unpaired) electrons. The van der Waals surface area contributed by atoms with Gasteiger partial charge in [0.05, 0.1) is 13.2 Å². The van der Waals surface area contributed by atoms with Gasteiger partial charge < -0.3 is 20.1 Å². The molecule has 1 unspecified atom stereocenters. The van der Waals surface area contributed by atoms with Gasteiger partial charge in [-0.1, -0.05) is 0 Å². The summed E-state index contributed by atoms with van der Waals surface area (Å²) in [6.07, 6.45) is -2.75. The van der Waals surface area contributed by atoms with Crippen molar-refractivity contribution in [3.63, 3.8) is 0 Å². The molecular formula is C18H22F4N2O3. The van der Waals surface area contributed by atoms with Crippen LogP contribution in [0.15, 0.2) is 12.1 Å². The molecule has 1 heterocycles. The van der Waals surface area contributed by atoms with Gasteiger partial charge in [-0.2, -0.15) is 13.2 Å². The standard InChI is InChI=1S/C18H22F4N2O3/c1-26-14-8-15(27-10-17(4-5-17)18(20,21)22)12(19)7-11(14)9-24-16(25)13-3-2-6-23-13/h7-8,13,23H,2-6,9-10H2,1H3,(H,24,25). The smallest absolute Gasteiger partial charge is 0.397 e. The number of halogens is 4. The lowest BCUT2D eigenvalue weighted by Gasteiger charge is -2.20. The highest BCUT2D eigenvalue weighted by Crippen LogP contribution is 2.57. The summed E-state index contributed by atoms with van der Waals surface area (Å²) in [6.45, 7) is 0.200. The van der Waals surface area contributed by atoms with E-state index in [1.165, 1.54) is 13.2 Å². The van der Waals surface area contributed by atoms with Crippen molar-refractivity contribution in [3.8, 4) is 11.5 Å². The van der Waals surface area contributed by atoms with Gasteiger partial charge >= 0.3 is 6.18 Å². The summed E-state index contributed by atoms with van der Waals surface area (Å²) in [5, 5.41) is 5.77. The SMILES string of the molecule is COc1cc(OCC2(C(F)(F)F)CC2)c(F)cc1CNC(=O)C1CCCN1. The van der Waals surface area contributed by atoms with Crippen molar-refractivity contribution in [2.24, 2.45) is 5.41 Å². The largest absolute Gasteiger partial charge is 0.496 e. The van der Waals surface area contributed by atoms with Gasteiger partial charge in [-0.15, -0.1) is 0 Å². The van der Waals surface area contributed by atoms with E-state index in [4.69, 9.17) is 9.47 Å². The lowest BCUT2D eigenvalue weighted by molar-refractivity contribution is -0.194. The van der Waals surface area contributed by atoms with Crippen LogP contribution in [0.2, 0.25) is 0 Å². The van der Waals surface area contributed by atoms with Crippen molar-refractivity contribution in [2.75, 3.05) is 20.3 Å². The molecule has 2 aliphatic rings. The van der Waals surface area contributed by atoms with Crippen molar-refractivity contribution >= 4 is 5.91 Å². The first-order valence-corrected chi connectivity index (χ1v) is 8.83. The molecule has 1 saturated carbocycles. The van der Waals surface area contributed by atoms with Crippen LogP contribution in [0, 0.1) is 11.2 Å². The van der Waals surface area contributed by atoms with E-state index in [0.29, 0.717) is 5.56 Å².